The highest BCUT2D eigenvalue weighted by Crippen LogP contribution is 2.25. The zero-order valence-electron chi connectivity index (χ0n) is 11.6. The Morgan fingerprint density at radius 3 is 1.73 bits per heavy atom. The molecule has 0 heterocycles. The lowest BCUT2D eigenvalue weighted by Crippen LogP contribution is -2.23. The maximum atomic E-state index is 8.36. The van der Waals surface area contributed by atoms with E-state index in [1.807, 2.05) is 60.7 Å². The van der Waals surface area contributed by atoms with Crippen LogP contribution in [0.4, 0.5) is 0 Å². The molecule has 0 aliphatic heterocycles. The van der Waals surface area contributed by atoms with Crippen molar-refractivity contribution in [2.45, 2.75) is 6.10 Å². The van der Waals surface area contributed by atoms with Crippen LogP contribution in [0.5, 0.6) is 0 Å². The van der Waals surface area contributed by atoms with Crippen LogP contribution in [0, 0.1) is 10.1 Å². The van der Waals surface area contributed by atoms with E-state index in [2.05, 4.69) is 5.16 Å². The van der Waals surface area contributed by atoms with Crippen LogP contribution in [-0.2, 0) is 4.84 Å². The predicted octanol–water partition coefficient (Wildman–Crippen LogP) is 1.63. The molecule has 0 unspecified atom stereocenters. The molecule has 0 aliphatic carbocycles. The van der Waals surface area contributed by atoms with Gasteiger partial charge in [-0.15, -0.1) is 10.1 Å². The average molecular weight is 304 g/mol. The molecule has 8 heteroatoms. The first-order valence-electron chi connectivity index (χ1n) is 6.18. The summed E-state index contributed by atoms with van der Waals surface area (Å²) in [6, 6.07) is 19.6. The van der Waals surface area contributed by atoms with Crippen molar-refractivity contribution >= 4 is 5.96 Å². The van der Waals surface area contributed by atoms with E-state index in [9.17, 15) is 0 Å². The first-order chi connectivity index (χ1) is 10.5. The zero-order chi connectivity index (χ0) is 16.4. The minimum Gasteiger partial charge on any atom is -0.380 e. The monoisotopic (exact) mass is 304 g/mol. The van der Waals surface area contributed by atoms with Gasteiger partial charge in [0.2, 0.25) is 5.96 Å². The first kappa shape index (κ1) is 16.8. The lowest BCUT2D eigenvalue weighted by Gasteiger charge is -2.15. The van der Waals surface area contributed by atoms with Crippen molar-refractivity contribution in [3.63, 3.8) is 0 Å². The maximum absolute atomic E-state index is 8.36. The number of hydrogen-bond acceptors (Lipinski definition) is 4. The Labute approximate surface area is 126 Å². The minimum absolute atomic E-state index is 0.0909. The normalized spacial score (nSPS) is 9.32. The SMILES string of the molecule is NC(N)=NOC(c1ccccc1)c1ccccc1.O=[N+]([O-])O. The third-order valence-electron chi connectivity index (χ3n) is 2.47. The molecule has 116 valence electrons. The molecule has 0 fully saturated rings. The molecule has 0 atom stereocenters. The van der Waals surface area contributed by atoms with Gasteiger partial charge >= 0.3 is 0 Å². The van der Waals surface area contributed by atoms with E-state index < -0.39 is 5.09 Å². The Hall–Kier alpha value is -3.29. The molecule has 0 aliphatic rings. The van der Waals surface area contributed by atoms with Gasteiger partial charge in [-0.05, 0) is 16.3 Å². The summed E-state index contributed by atoms with van der Waals surface area (Å²) in [5.41, 5.74) is 12.6. The summed E-state index contributed by atoms with van der Waals surface area (Å²) in [5.74, 6) is -0.0909. The molecular weight excluding hydrogens is 288 g/mol. The van der Waals surface area contributed by atoms with E-state index in [-0.39, 0.29) is 12.1 Å². The van der Waals surface area contributed by atoms with E-state index in [1.165, 1.54) is 0 Å². The maximum Gasteiger partial charge on any atom is 0.291 e. The van der Waals surface area contributed by atoms with Gasteiger partial charge in [-0.2, -0.15) is 0 Å². The van der Waals surface area contributed by atoms with E-state index in [0.29, 0.717) is 0 Å². The van der Waals surface area contributed by atoms with Crippen molar-refractivity contribution in [1.29, 1.82) is 0 Å². The van der Waals surface area contributed by atoms with Crippen molar-refractivity contribution in [2.24, 2.45) is 16.6 Å². The summed E-state index contributed by atoms with van der Waals surface area (Å²) in [4.78, 5) is 13.8. The van der Waals surface area contributed by atoms with Gasteiger partial charge in [-0.3, -0.25) is 0 Å². The lowest BCUT2D eigenvalue weighted by molar-refractivity contribution is -0.742. The summed E-state index contributed by atoms with van der Waals surface area (Å²) in [6.07, 6.45) is -0.311. The molecule has 0 saturated heterocycles. The summed E-state index contributed by atoms with van der Waals surface area (Å²) in [6.45, 7) is 0. The second-order valence-corrected chi connectivity index (χ2v) is 4.06. The molecule has 0 bridgehead atoms. The van der Waals surface area contributed by atoms with E-state index in [4.69, 9.17) is 31.6 Å². The Morgan fingerprint density at radius 2 is 1.41 bits per heavy atom. The van der Waals surface area contributed by atoms with Gasteiger partial charge in [0.05, 0.1) is 0 Å². The van der Waals surface area contributed by atoms with Gasteiger partial charge in [-0.1, -0.05) is 60.7 Å². The predicted molar refractivity (Wildman–Crippen MR) is 80.4 cm³/mol. The van der Waals surface area contributed by atoms with E-state index >= 15 is 0 Å². The van der Waals surface area contributed by atoms with Crippen LogP contribution >= 0.6 is 0 Å². The van der Waals surface area contributed by atoms with Gasteiger partial charge in [0.15, 0.2) is 6.10 Å². The third-order valence-corrected chi connectivity index (χ3v) is 2.47. The van der Waals surface area contributed by atoms with Crippen molar-refractivity contribution in [3.8, 4) is 0 Å². The number of hydrogen-bond donors (Lipinski definition) is 3. The van der Waals surface area contributed by atoms with Gasteiger partial charge < -0.3 is 21.5 Å². The fourth-order valence-corrected chi connectivity index (χ4v) is 1.68. The van der Waals surface area contributed by atoms with E-state index in [0.717, 1.165) is 11.1 Å². The van der Waals surface area contributed by atoms with Crippen LogP contribution in [0.25, 0.3) is 0 Å². The average Bonchev–Trinajstić information content (AvgIpc) is 2.49. The standard InChI is InChI=1S/C14H15N3O.HNO3/c15-14(16)17-18-13(11-7-3-1-4-8-11)12-9-5-2-6-10-12;2-1(3)4/h1-10,13H,(H4,15,16,17);(H,2,3,4). The van der Waals surface area contributed by atoms with Crippen LogP contribution in [0.2, 0.25) is 0 Å². The molecular formula is C14H16N4O4. The Morgan fingerprint density at radius 1 is 1.05 bits per heavy atom. The number of rotatable bonds is 4. The molecule has 0 aromatic heterocycles. The first-order valence-corrected chi connectivity index (χ1v) is 6.18. The number of benzene rings is 2. The van der Waals surface area contributed by atoms with Crippen LogP contribution in [-0.4, -0.2) is 16.3 Å². The number of nitrogens with zero attached hydrogens (tertiary/aromatic N) is 2. The van der Waals surface area contributed by atoms with Crippen molar-refractivity contribution in [1.82, 2.24) is 0 Å². The smallest absolute Gasteiger partial charge is 0.291 e. The van der Waals surface area contributed by atoms with Crippen molar-refractivity contribution < 1.29 is 15.1 Å². The van der Waals surface area contributed by atoms with Gasteiger partial charge in [0.1, 0.15) is 0 Å². The van der Waals surface area contributed by atoms with E-state index in [1.54, 1.807) is 0 Å². The molecule has 22 heavy (non-hydrogen) atoms. The van der Waals surface area contributed by atoms with Crippen molar-refractivity contribution in [2.75, 3.05) is 0 Å². The zero-order valence-corrected chi connectivity index (χ0v) is 11.6. The third kappa shape index (κ3) is 6.24. The van der Waals surface area contributed by atoms with Crippen molar-refractivity contribution in [3.05, 3.63) is 81.9 Å². The Balaban J connectivity index is 0.000000541. The fraction of sp³-hybridized carbons (Fsp3) is 0.0714. The van der Waals surface area contributed by atoms with Crippen LogP contribution < -0.4 is 11.5 Å². The highest BCUT2D eigenvalue weighted by molar-refractivity contribution is 5.74. The molecule has 0 spiro atoms. The number of guanidine groups is 1. The fourth-order valence-electron chi connectivity index (χ4n) is 1.68. The summed E-state index contributed by atoms with van der Waals surface area (Å²) in [7, 11) is 0. The summed E-state index contributed by atoms with van der Waals surface area (Å²) >= 11 is 0. The highest BCUT2D eigenvalue weighted by atomic mass is 16.9. The molecule has 2 aromatic rings. The number of oxime groups is 1. The Bertz CT molecular complexity index is 557. The second kappa shape index (κ2) is 8.80. The quantitative estimate of drug-likeness (QED) is 0.340. The lowest BCUT2D eigenvalue weighted by atomic mass is 10.0. The topological polar surface area (TPSA) is 137 Å². The minimum atomic E-state index is -1.50. The number of nitrogens with two attached hydrogens (primary N) is 2. The molecule has 5 N–H and O–H groups in total. The van der Waals surface area contributed by atoms with Crippen LogP contribution in [0.1, 0.15) is 17.2 Å². The molecule has 2 aromatic carbocycles. The summed E-state index contributed by atoms with van der Waals surface area (Å²) in [5, 5.41) is 17.3. The molecule has 0 amide bonds. The van der Waals surface area contributed by atoms with Gasteiger partial charge in [-0.25, -0.2) is 0 Å². The molecule has 0 saturated carbocycles. The summed E-state index contributed by atoms with van der Waals surface area (Å²) < 4.78 is 0. The molecule has 8 nitrogen and oxygen atoms in total. The Kier molecular flexibility index (Phi) is 6.70. The molecule has 2 rings (SSSR count). The largest absolute Gasteiger partial charge is 0.380 e. The highest BCUT2D eigenvalue weighted by Gasteiger charge is 2.14. The second-order valence-electron chi connectivity index (χ2n) is 4.06. The van der Waals surface area contributed by atoms with Gasteiger partial charge in [0.25, 0.3) is 5.09 Å². The van der Waals surface area contributed by atoms with Gasteiger partial charge in [0, 0.05) is 0 Å². The molecule has 0 radical (unpaired) electrons. The van der Waals surface area contributed by atoms with Crippen LogP contribution in [0.3, 0.4) is 0 Å². The van der Waals surface area contributed by atoms with Crippen LogP contribution in [0.15, 0.2) is 65.8 Å².